The van der Waals surface area contributed by atoms with E-state index < -0.39 is 33.9 Å². The van der Waals surface area contributed by atoms with Crippen LogP contribution in [-0.2, 0) is 27.5 Å². The molecule has 2 aliphatic rings. The van der Waals surface area contributed by atoms with E-state index in [9.17, 15) is 36.8 Å². The summed E-state index contributed by atoms with van der Waals surface area (Å²) in [7, 11) is -4.05. The van der Waals surface area contributed by atoms with Gasteiger partial charge < -0.3 is 10.0 Å². The number of aliphatic carboxylic acids is 1. The van der Waals surface area contributed by atoms with E-state index in [2.05, 4.69) is 15.2 Å². The van der Waals surface area contributed by atoms with E-state index in [4.69, 9.17) is 0 Å². The van der Waals surface area contributed by atoms with Crippen LogP contribution in [0.3, 0.4) is 0 Å². The van der Waals surface area contributed by atoms with Crippen LogP contribution < -0.4 is 4.90 Å². The third kappa shape index (κ3) is 5.56. The van der Waals surface area contributed by atoms with Crippen molar-refractivity contribution in [2.24, 2.45) is 0 Å². The van der Waals surface area contributed by atoms with E-state index in [0.717, 1.165) is 29.2 Å². The zero-order chi connectivity index (χ0) is 33.0. The summed E-state index contributed by atoms with van der Waals surface area (Å²) in [5.74, 6) is -2.78. The highest BCUT2D eigenvalue weighted by atomic mass is 32.2. The van der Waals surface area contributed by atoms with Gasteiger partial charge in [0.1, 0.15) is 16.7 Å². The van der Waals surface area contributed by atoms with Crippen molar-refractivity contribution in [3.8, 4) is 6.07 Å². The van der Waals surface area contributed by atoms with Gasteiger partial charge in [-0.05, 0) is 79.1 Å². The van der Waals surface area contributed by atoms with Gasteiger partial charge in [-0.1, -0.05) is 18.2 Å². The number of benzene rings is 1. The largest absolute Gasteiger partial charge is 0.481 e. The van der Waals surface area contributed by atoms with Crippen molar-refractivity contribution in [3.63, 3.8) is 0 Å². The highest BCUT2D eigenvalue weighted by Crippen LogP contribution is 2.38. The lowest BCUT2D eigenvalue weighted by molar-refractivity contribution is -0.145. The second-order valence-corrected chi connectivity index (χ2v) is 13.6. The van der Waals surface area contributed by atoms with Gasteiger partial charge >= 0.3 is 12.1 Å². The zero-order valence-electron chi connectivity index (χ0n) is 25.0. The number of aryl methyl sites for hydroxylation is 2. The molecule has 2 atom stereocenters. The average molecular weight is 654 g/mol. The Morgan fingerprint density at radius 3 is 2.65 bits per heavy atom. The summed E-state index contributed by atoms with van der Waals surface area (Å²) in [4.78, 5) is 18.5. The molecule has 15 heteroatoms. The third-order valence-electron chi connectivity index (χ3n) is 8.88. The maximum atomic E-state index is 14.1. The summed E-state index contributed by atoms with van der Waals surface area (Å²) in [6, 6.07) is 11.4. The molecule has 1 saturated heterocycles. The van der Waals surface area contributed by atoms with Crippen molar-refractivity contribution < 1.29 is 31.5 Å². The first-order valence-electron chi connectivity index (χ1n) is 14.7. The van der Waals surface area contributed by atoms with Crippen molar-refractivity contribution in [1.82, 2.24) is 23.9 Å². The van der Waals surface area contributed by atoms with Gasteiger partial charge in [0.05, 0.1) is 6.42 Å². The number of anilines is 1. The van der Waals surface area contributed by atoms with Crippen molar-refractivity contribution in [3.05, 3.63) is 81.9 Å². The second kappa shape index (κ2) is 11.7. The van der Waals surface area contributed by atoms with Crippen molar-refractivity contribution in [2.75, 3.05) is 18.0 Å². The second-order valence-electron chi connectivity index (χ2n) is 11.7. The van der Waals surface area contributed by atoms with Gasteiger partial charge in [0.15, 0.2) is 11.5 Å². The fourth-order valence-electron chi connectivity index (χ4n) is 6.51. The van der Waals surface area contributed by atoms with Gasteiger partial charge in [-0.3, -0.25) is 9.20 Å². The maximum Gasteiger partial charge on any atom is 0.452 e. The lowest BCUT2D eigenvalue weighted by Crippen LogP contribution is -2.45. The molecule has 0 radical (unpaired) electrons. The summed E-state index contributed by atoms with van der Waals surface area (Å²) < 4.78 is 70.9. The fourth-order valence-corrected chi connectivity index (χ4v) is 8.10. The van der Waals surface area contributed by atoms with Gasteiger partial charge in [0, 0.05) is 37.8 Å². The van der Waals surface area contributed by atoms with Crippen molar-refractivity contribution in [2.45, 2.75) is 69.1 Å². The Morgan fingerprint density at radius 1 is 1.15 bits per heavy atom. The van der Waals surface area contributed by atoms with Crippen molar-refractivity contribution in [1.29, 1.82) is 5.26 Å². The first-order chi connectivity index (χ1) is 21.8. The lowest BCUT2D eigenvalue weighted by atomic mass is 9.85. The number of carboxylic acid groups (broad SMARTS) is 1. The molecule has 4 aromatic rings. The minimum Gasteiger partial charge on any atom is -0.481 e. The van der Waals surface area contributed by atoms with Crippen LogP contribution >= 0.6 is 0 Å². The summed E-state index contributed by atoms with van der Waals surface area (Å²) in [5, 5.41) is 26.3. The number of carbonyl (C=O) groups is 1. The first-order valence-corrected chi connectivity index (χ1v) is 16.1. The first kappa shape index (κ1) is 31.4. The molecule has 6 rings (SSSR count). The molecule has 5 heterocycles. The summed E-state index contributed by atoms with van der Waals surface area (Å²) in [6.07, 6.45) is -1.35. The van der Waals surface area contributed by atoms with Crippen LogP contribution in [0.25, 0.3) is 5.65 Å². The number of nitrogens with zero attached hydrogens (tertiary/aromatic N) is 7. The molecule has 3 aromatic heterocycles. The van der Waals surface area contributed by atoms with E-state index >= 15 is 0 Å². The zero-order valence-corrected chi connectivity index (χ0v) is 25.8. The highest BCUT2D eigenvalue weighted by Gasteiger charge is 2.40. The van der Waals surface area contributed by atoms with Gasteiger partial charge in [-0.2, -0.15) is 22.7 Å². The molecule has 1 fully saturated rings. The normalized spacial score (nSPS) is 18.8. The number of pyridine rings is 2. The van der Waals surface area contributed by atoms with Crippen molar-refractivity contribution >= 4 is 27.5 Å². The Kier molecular flexibility index (Phi) is 7.97. The number of piperidine rings is 1. The predicted molar refractivity (Wildman–Crippen MR) is 160 cm³/mol. The molecule has 2 aliphatic heterocycles. The number of carboxylic acids is 1. The minimum absolute atomic E-state index is 0.00270. The molecule has 240 valence electrons. The quantitative estimate of drug-likeness (QED) is 0.310. The molecule has 0 bridgehead atoms. The molecule has 0 unspecified atom stereocenters. The van der Waals surface area contributed by atoms with E-state index in [1.54, 1.807) is 25.1 Å². The standard InChI is InChI=1S/C31H30F3N7O4S/c1-18-6-7-20(25(14-27(42)43)24-10-12-41-28(19(24)2)37-38-30(41)31(32,33)34)13-21(18)16-39-17-23-5-3-4-11-40(23)29-26(46(39,44)45)9-8-22(15-35)36-29/h6-10,12-13,23,25H,3-5,11,14,16-17H2,1-2H3,(H,42,43)/t23-,25+/m1/s1. The molecule has 46 heavy (non-hydrogen) atoms. The molecular weight excluding hydrogens is 623 g/mol. The van der Waals surface area contributed by atoms with E-state index in [1.165, 1.54) is 28.7 Å². The van der Waals surface area contributed by atoms with Crippen LogP contribution in [-0.4, -0.2) is 62.5 Å². The van der Waals surface area contributed by atoms with Gasteiger partial charge in [0.25, 0.3) is 0 Å². The lowest BCUT2D eigenvalue weighted by Gasteiger charge is -2.36. The number of alkyl halides is 3. The van der Waals surface area contributed by atoms with Crippen LogP contribution in [0, 0.1) is 25.2 Å². The number of rotatable bonds is 6. The molecule has 0 aliphatic carbocycles. The SMILES string of the molecule is Cc1ccc([C@H](CC(=O)O)c2ccn3c(C(F)(F)F)nnc3c2C)cc1CN1C[C@H]2CCCCN2c2nc(C#N)ccc2S1(=O)=O. The molecule has 1 aromatic carbocycles. The summed E-state index contributed by atoms with van der Waals surface area (Å²) in [5.41, 5.74) is 2.94. The Hall–Kier alpha value is -4.55. The fraction of sp³-hybridized carbons (Fsp3) is 0.387. The number of nitriles is 1. The molecule has 0 amide bonds. The Labute approximate surface area is 263 Å². The number of halogens is 3. The molecule has 11 nitrogen and oxygen atoms in total. The number of hydrogen-bond acceptors (Lipinski definition) is 8. The maximum absolute atomic E-state index is 14.1. The molecule has 0 spiro atoms. The van der Waals surface area contributed by atoms with Gasteiger partial charge in [-0.15, -0.1) is 10.2 Å². The summed E-state index contributed by atoms with van der Waals surface area (Å²) >= 11 is 0. The number of hydrogen-bond donors (Lipinski definition) is 1. The smallest absolute Gasteiger partial charge is 0.452 e. The van der Waals surface area contributed by atoms with Gasteiger partial charge in [-0.25, -0.2) is 13.4 Å². The monoisotopic (exact) mass is 653 g/mol. The van der Waals surface area contributed by atoms with E-state index in [1.807, 2.05) is 17.9 Å². The Morgan fingerprint density at radius 2 is 1.93 bits per heavy atom. The number of fused-ring (bicyclic) bond motifs is 4. The van der Waals surface area contributed by atoms with Crippen LogP contribution in [0.5, 0.6) is 0 Å². The Balaban J connectivity index is 1.41. The number of aromatic nitrogens is 4. The molecular formula is C31H30F3N7O4S. The highest BCUT2D eigenvalue weighted by molar-refractivity contribution is 7.89. The van der Waals surface area contributed by atoms with E-state index in [-0.39, 0.29) is 47.6 Å². The predicted octanol–water partition coefficient (Wildman–Crippen LogP) is 4.80. The van der Waals surface area contributed by atoms with E-state index in [0.29, 0.717) is 28.8 Å². The van der Waals surface area contributed by atoms with Crippen LogP contribution in [0.15, 0.2) is 47.5 Å². The third-order valence-corrected chi connectivity index (χ3v) is 10.7. The van der Waals surface area contributed by atoms with Gasteiger partial charge in [0.2, 0.25) is 15.8 Å². The molecule has 0 saturated carbocycles. The Bertz CT molecular complexity index is 2010. The van der Waals surface area contributed by atoms with Crippen LogP contribution in [0.4, 0.5) is 19.0 Å². The topological polar surface area (TPSA) is 145 Å². The summed E-state index contributed by atoms with van der Waals surface area (Å²) in [6.45, 7) is 4.24. The number of sulfonamides is 1. The average Bonchev–Trinajstić information content (AvgIpc) is 3.44. The van der Waals surface area contributed by atoms with Crippen LogP contribution in [0.1, 0.15) is 70.9 Å². The van der Waals surface area contributed by atoms with Crippen LogP contribution in [0.2, 0.25) is 0 Å². The molecule has 1 N–H and O–H groups in total. The minimum atomic E-state index is -4.73.